The van der Waals surface area contributed by atoms with E-state index in [1.807, 2.05) is 27.7 Å². The molecule has 0 amide bonds. The molecule has 0 unspecified atom stereocenters. The zero-order chi connectivity index (χ0) is 16.0. The summed E-state index contributed by atoms with van der Waals surface area (Å²) >= 11 is 0. The highest BCUT2D eigenvalue weighted by molar-refractivity contribution is 6.62. The molecule has 0 atom stereocenters. The van der Waals surface area contributed by atoms with Crippen LogP contribution in [0.5, 0.6) is 0 Å². The van der Waals surface area contributed by atoms with Gasteiger partial charge in [0.25, 0.3) is 0 Å². The van der Waals surface area contributed by atoms with E-state index in [4.69, 9.17) is 9.31 Å². The molecule has 0 saturated carbocycles. The molecule has 1 aliphatic heterocycles. The smallest absolute Gasteiger partial charge is 0.465 e. The maximum absolute atomic E-state index is 13.7. The van der Waals surface area contributed by atoms with Crippen molar-refractivity contribution in [1.29, 1.82) is 0 Å². The number of halogens is 2. The summed E-state index contributed by atoms with van der Waals surface area (Å²) in [5.74, 6) is -3.35. The summed E-state index contributed by atoms with van der Waals surface area (Å²) in [6.07, 6.45) is 0. The molecule has 7 heteroatoms. The van der Waals surface area contributed by atoms with Gasteiger partial charge >= 0.3 is 13.1 Å². The number of carbonyl (C=O) groups is 1. The Bertz CT molecular complexity index is 571. The van der Waals surface area contributed by atoms with E-state index in [0.717, 1.165) is 13.2 Å². The molecule has 2 rings (SSSR count). The van der Waals surface area contributed by atoms with E-state index >= 15 is 0 Å². The van der Waals surface area contributed by atoms with Crippen LogP contribution in [-0.2, 0) is 14.0 Å². The van der Waals surface area contributed by atoms with Gasteiger partial charge in [0.1, 0.15) is 0 Å². The Labute approximate surface area is 122 Å². The SMILES string of the molecule is COC(=O)c1cc(B2OC(C)(C)C(C)(C)O2)cc(F)c1F. The van der Waals surface area contributed by atoms with Gasteiger partial charge in [-0.2, -0.15) is 0 Å². The fourth-order valence-electron chi connectivity index (χ4n) is 1.98. The Kier molecular flexibility index (Phi) is 3.84. The second-order valence-electron chi connectivity index (χ2n) is 5.94. The molecule has 0 bridgehead atoms. The van der Waals surface area contributed by atoms with E-state index in [1.165, 1.54) is 6.07 Å². The molecular weight excluding hydrogens is 281 g/mol. The quantitative estimate of drug-likeness (QED) is 0.619. The van der Waals surface area contributed by atoms with Crippen LogP contribution in [0.15, 0.2) is 12.1 Å². The molecule has 1 saturated heterocycles. The van der Waals surface area contributed by atoms with Crippen LogP contribution in [0.3, 0.4) is 0 Å². The van der Waals surface area contributed by atoms with Gasteiger partial charge in [0.15, 0.2) is 11.6 Å². The highest BCUT2D eigenvalue weighted by Gasteiger charge is 2.52. The van der Waals surface area contributed by atoms with Crippen molar-refractivity contribution >= 4 is 18.6 Å². The summed E-state index contributed by atoms with van der Waals surface area (Å²) < 4.78 is 43.3. The maximum Gasteiger partial charge on any atom is 0.494 e. The number of carbonyl (C=O) groups excluding carboxylic acids is 1. The third-order valence-corrected chi connectivity index (χ3v) is 3.98. The van der Waals surface area contributed by atoms with Crippen LogP contribution in [0.4, 0.5) is 8.78 Å². The van der Waals surface area contributed by atoms with Crippen LogP contribution in [0, 0.1) is 11.6 Å². The largest absolute Gasteiger partial charge is 0.494 e. The molecule has 0 radical (unpaired) electrons. The van der Waals surface area contributed by atoms with E-state index in [0.29, 0.717) is 0 Å². The number of hydrogen-bond donors (Lipinski definition) is 0. The third kappa shape index (κ3) is 2.67. The lowest BCUT2D eigenvalue weighted by Crippen LogP contribution is -2.41. The second-order valence-corrected chi connectivity index (χ2v) is 5.94. The topological polar surface area (TPSA) is 44.8 Å². The molecule has 0 aromatic heterocycles. The molecular formula is C14H17BF2O4. The van der Waals surface area contributed by atoms with E-state index in [-0.39, 0.29) is 5.46 Å². The van der Waals surface area contributed by atoms with Crippen LogP contribution in [0.2, 0.25) is 0 Å². The molecule has 0 spiro atoms. The zero-order valence-corrected chi connectivity index (χ0v) is 12.6. The lowest BCUT2D eigenvalue weighted by atomic mass is 9.78. The van der Waals surface area contributed by atoms with Gasteiger partial charge in [0, 0.05) is 0 Å². The first-order chi connectivity index (χ1) is 9.59. The number of rotatable bonds is 2. The Hall–Kier alpha value is -1.47. The summed E-state index contributed by atoms with van der Waals surface area (Å²) in [6.45, 7) is 7.37. The van der Waals surface area contributed by atoms with Crippen molar-refractivity contribution in [1.82, 2.24) is 0 Å². The maximum atomic E-state index is 13.7. The van der Waals surface area contributed by atoms with Crippen LogP contribution in [0.1, 0.15) is 38.1 Å². The molecule has 1 heterocycles. The minimum Gasteiger partial charge on any atom is -0.465 e. The molecule has 1 fully saturated rings. The van der Waals surface area contributed by atoms with Crippen molar-refractivity contribution in [3.63, 3.8) is 0 Å². The fourth-order valence-corrected chi connectivity index (χ4v) is 1.98. The van der Waals surface area contributed by atoms with Gasteiger partial charge in [-0.05, 0) is 45.3 Å². The first-order valence-electron chi connectivity index (χ1n) is 6.52. The molecule has 0 N–H and O–H groups in total. The van der Waals surface area contributed by atoms with Gasteiger partial charge in [-0.1, -0.05) is 0 Å². The summed E-state index contributed by atoms with van der Waals surface area (Å²) in [4.78, 5) is 11.5. The van der Waals surface area contributed by atoms with Gasteiger partial charge in [0.05, 0.1) is 23.9 Å². The van der Waals surface area contributed by atoms with Gasteiger partial charge in [-0.15, -0.1) is 0 Å². The van der Waals surface area contributed by atoms with E-state index in [9.17, 15) is 13.6 Å². The van der Waals surface area contributed by atoms with Crippen molar-refractivity contribution in [2.24, 2.45) is 0 Å². The predicted octanol–water partition coefficient (Wildman–Crippen LogP) is 2.05. The Balaban J connectivity index is 2.43. The first-order valence-corrected chi connectivity index (χ1v) is 6.52. The van der Waals surface area contributed by atoms with Gasteiger partial charge in [-0.3, -0.25) is 0 Å². The predicted molar refractivity (Wildman–Crippen MR) is 73.4 cm³/mol. The lowest BCUT2D eigenvalue weighted by Gasteiger charge is -2.32. The van der Waals surface area contributed by atoms with E-state index in [2.05, 4.69) is 4.74 Å². The average Bonchev–Trinajstić information content (AvgIpc) is 2.60. The van der Waals surface area contributed by atoms with Crippen LogP contribution in [0.25, 0.3) is 0 Å². The Morgan fingerprint density at radius 3 is 2.14 bits per heavy atom. The average molecular weight is 298 g/mol. The van der Waals surface area contributed by atoms with E-state index in [1.54, 1.807) is 0 Å². The summed E-state index contributed by atoms with van der Waals surface area (Å²) in [6, 6.07) is 2.15. The standard InChI is InChI=1S/C14H17BF2O4/c1-13(2)14(3,4)21-15(20-13)8-6-9(12(18)19-5)11(17)10(16)7-8/h6-7H,1-5H3. The number of ether oxygens (including phenoxy) is 1. The highest BCUT2D eigenvalue weighted by atomic mass is 19.2. The van der Waals surface area contributed by atoms with Crippen molar-refractivity contribution in [2.45, 2.75) is 38.9 Å². The summed E-state index contributed by atoms with van der Waals surface area (Å²) in [5.41, 5.74) is -1.49. The van der Waals surface area contributed by atoms with Gasteiger partial charge < -0.3 is 14.0 Å². The number of hydrogen-bond acceptors (Lipinski definition) is 4. The molecule has 0 aliphatic carbocycles. The monoisotopic (exact) mass is 298 g/mol. The number of methoxy groups -OCH3 is 1. The summed E-state index contributed by atoms with van der Waals surface area (Å²) in [7, 11) is 0.217. The number of benzene rings is 1. The molecule has 21 heavy (non-hydrogen) atoms. The van der Waals surface area contributed by atoms with Gasteiger partial charge in [-0.25, -0.2) is 13.6 Å². The van der Waals surface area contributed by atoms with Crippen molar-refractivity contribution in [3.8, 4) is 0 Å². The molecule has 114 valence electrons. The van der Waals surface area contributed by atoms with Crippen molar-refractivity contribution < 1.29 is 27.6 Å². The van der Waals surface area contributed by atoms with Crippen LogP contribution >= 0.6 is 0 Å². The summed E-state index contributed by atoms with van der Waals surface area (Å²) in [5, 5.41) is 0. The minimum absolute atomic E-state index is 0.230. The molecule has 1 aromatic carbocycles. The highest BCUT2D eigenvalue weighted by Crippen LogP contribution is 2.36. The number of esters is 1. The van der Waals surface area contributed by atoms with Crippen LogP contribution in [-0.4, -0.2) is 31.4 Å². The van der Waals surface area contributed by atoms with Crippen molar-refractivity contribution in [3.05, 3.63) is 29.3 Å². The second kappa shape index (κ2) is 5.07. The lowest BCUT2D eigenvalue weighted by molar-refractivity contribution is 0.00578. The zero-order valence-electron chi connectivity index (χ0n) is 12.6. The van der Waals surface area contributed by atoms with E-state index < -0.39 is 41.5 Å². The minimum atomic E-state index is -1.25. The normalized spacial score (nSPS) is 19.7. The third-order valence-electron chi connectivity index (χ3n) is 3.98. The Morgan fingerprint density at radius 1 is 1.14 bits per heavy atom. The molecule has 1 aromatic rings. The Morgan fingerprint density at radius 2 is 1.67 bits per heavy atom. The van der Waals surface area contributed by atoms with Crippen LogP contribution < -0.4 is 5.46 Å². The van der Waals surface area contributed by atoms with Crippen molar-refractivity contribution in [2.75, 3.05) is 7.11 Å². The van der Waals surface area contributed by atoms with Gasteiger partial charge in [0.2, 0.25) is 0 Å². The first kappa shape index (κ1) is 15.9. The molecule has 4 nitrogen and oxygen atoms in total. The molecule has 1 aliphatic rings. The fraction of sp³-hybridized carbons (Fsp3) is 0.500.